The molecule has 5 heteroatoms. The highest BCUT2D eigenvalue weighted by Gasteiger charge is 2.20. The fourth-order valence-corrected chi connectivity index (χ4v) is 2.44. The van der Waals surface area contributed by atoms with Crippen LogP contribution in [0.1, 0.15) is 47.5 Å². The molecule has 5 nitrogen and oxygen atoms in total. The van der Waals surface area contributed by atoms with Crippen molar-refractivity contribution in [3.8, 4) is 0 Å². The van der Waals surface area contributed by atoms with E-state index in [1.165, 1.54) is 0 Å². The van der Waals surface area contributed by atoms with Gasteiger partial charge in [-0.3, -0.25) is 9.59 Å². The molecule has 2 N–H and O–H groups in total. The molecule has 0 saturated heterocycles. The highest BCUT2D eigenvalue weighted by Crippen LogP contribution is 2.21. The van der Waals surface area contributed by atoms with Crippen LogP contribution in [0.2, 0.25) is 0 Å². The summed E-state index contributed by atoms with van der Waals surface area (Å²) in [5.74, 6) is 0. The van der Waals surface area contributed by atoms with E-state index in [0.29, 0.717) is 23.3 Å². The Morgan fingerprint density at radius 3 is 1.86 bits per heavy atom. The molecule has 1 aromatic rings. The highest BCUT2D eigenvalue weighted by molar-refractivity contribution is 5.73. The van der Waals surface area contributed by atoms with Gasteiger partial charge in [-0.2, -0.15) is 0 Å². The lowest BCUT2D eigenvalue weighted by atomic mass is 9.90. The van der Waals surface area contributed by atoms with Crippen LogP contribution in [0.5, 0.6) is 0 Å². The lowest BCUT2D eigenvalue weighted by Gasteiger charge is -2.21. The SMILES string of the molecule is CCN(CC)CCNc1c(NCCCC(C)(C)C)c(=O)c1=O. The minimum absolute atomic E-state index is 0.292. The molecule has 0 radical (unpaired) electrons. The van der Waals surface area contributed by atoms with Crippen molar-refractivity contribution in [1.82, 2.24) is 4.90 Å². The lowest BCUT2D eigenvalue weighted by molar-refractivity contribution is 0.316. The summed E-state index contributed by atoms with van der Waals surface area (Å²) in [5, 5.41) is 6.23. The van der Waals surface area contributed by atoms with Crippen LogP contribution in [-0.2, 0) is 0 Å². The Labute approximate surface area is 133 Å². The molecule has 126 valence electrons. The Hall–Kier alpha value is -1.36. The topological polar surface area (TPSA) is 61.4 Å². The van der Waals surface area contributed by atoms with Crippen molar-refractivity contribution in [2.75, 3.05) is 43.4 Å². The van der Waals surface area contributed by atoms with E-state index in [0.717, 1.165) is 39.0 Å². The maximum absolute atomic E-state index is 11.7. The highest BCUT2D eigenvalue weighted by atomic mass is 16.2. The van der Waals surface area contributed by atoms with Gasteiger partial charge in [-0.1, -0.05) is 34.6 Å². The molecule has 0 aliphatic carbocycles. The van der Waals surface area contributed by atoms with Crippen molar-refractivity contribution < 1.29 is 0 Å². The normalized spacial score (nSPS) is 12.1. The molecule has 0 spiro atoms. The van der Waals surface area contributed by atoms with Crippen molar-refractivity contribution in [2.24, 2.45) is 5.41 Å². The van der Waals surface area contributed by atoms with E-state index in [1.54, 1.807) is 0 Å². The zero-order valence-corrected chi connectivity index (χ0v) is 14.7. The lowest BCUT2D eigenvalue weighted by Crippen LogP contribution is -2.39. The van der Waals surface area contributed by atoms with E-state index in [2.05, 4.69) is 50.2 Å². The predicted octanol–water partition coefficient (Wildman–Crippen LogP) is 2.27. The maximum Gasteiger partial charge on any atom is 0.253 e. The number of anilines is 2. The quantitative estimate of drug-likeness (QED) is 0.513. The van der Waals surface area contributed by atoms with Gasteiger partial charge < -0.3 is 15.5 Å². The van der Waals surface area contributed by atoms with Crippen molar-refractivity contribution in [3.05, 3.63) is 20.4 Å². The van der Waals surface area contributed by atoms with Crippen molar-refractivity contribution in [3.63, 3.8) is 0 Å². The second kappa shape index (κ2) is 8.32. The number of nitrogens with one attached hydrogen (secondary N) is 2. The largest absolute Gasteiger partial charge is 0.380 e. The number of hydrogen-bond acceptors (Lipinski definition) is 5. The Balaban J connectivity index is 2.44. The fourth-order valence-electron chi connectivity index (χ4n) is 2.44. The zero-order valence-electron chi connectivity index (χ0n) is 14.7. The van der Waals surface area contributed by atoms with Crippen LogP contribution in [0.3, 0.4) is 0 Å². The first-order valence-electron chi connectivity index (χ1n) is 8.33. The molecule has 0 aromatic heterocycles. The molecule has 1 aromatic carbocycles. The summed E-state index contributed by atoms with van der Waals surface area (Å²) < 4.78 is 0. The number of nitrogens with zero attached hydrogens (tertiary/aromatic N) is 1. The summed E-state index contributed by atoms with van der Waals surface area (Å²) >= 11 is 0. The van der Waals surface area contributed by atoms with Crippen LogP contribution in [0.25, 0.3) is 0 Å². The average molecular weight is 309 g/mol. The molecule has 0 bridgehead atoms. The summed E-state index contributed by atoms with van der Waals surface area (Å²) in [4.78, 5) is 25.6. The molecule has 0 aliphatic heterocycles. The first kappa shape index (κ1) is 18.7. The monoisotopic (exact) mass is 309 g/mol. The molecule has 0 heterocycles. The molecule has 0 aliphatic rings. The molecule has 0 saturated carbocycles. The zero-order chi connectivity index (χ0) is 16.8. The Bertz CT molecular complexity index is 521. The number of likely N-dealkylation sites (N-methyl/N-ethyl adjacent to an activating group) is 1. The third-order valence-corrected chi connectivity index (χ3v) is 3.94. The molecule has 0 amide bonds. The Morgan fingerprint density at radius 1 is 0.909 bits per heavy atom. The third-order valence-electron chi connectivity index (χ3n) is 3.94. The first-order chi connectivity index (χ1) is 10.3. The van der Waals surface area contributed by atoms with Crippen LogP contribution >= 0.6 is 0 Å². The van der Waals surface area contributed by atoms with Gasteiger partial charge in [0.25, 0.3) is 10.9 Å². The van der Waals surface area contributed by atoms with E-state index >= 15 is 0 Å². The smallest absolute Gasteiger partial charge is 0.253 e. The minimum atomic E-state index is -0.391. The van der Waals surface area contributed by atoms with Crippen LogP contribution in [0, 0.1) is 5.41 Å². The van der Waals surface area contributed by atoms with E-state index < -0.39 is 5.43 Å². The van der Waals surface area contributed by atoms with Gasteiger partial charge >= 0.3 is 0 Å². The van der Waals surface area contributed by atoms with Gasteiger partial charge in [0.15, 0.2) is 0 Å². The van der Waals surface area contributed by atoms with E-state index in [9.17, 15) is 9.59 Å². The van der Waals surface area contributed by atoms with Crippen LogP contribution in [0.15, 0.2) is 9.59 Å². The average Bonchev–Trinajstić information content (AvgIpc) is 2.47. The Kier molecular flexibility index (Phi) is 7.07. The van der Waals surface area contributed by atoms with E-state index in [-0.39, 0.29) is 5.43 Å². The second-order valence-electron chi connectivity index (χ2n) is 6.95. The third kappa shape index (κ3) is 5.44. The summed E-state index contributed by atoms with van der Waals surface area (Å²) in [6.45, 7) is 15.1. The minimum Gasteiger partial charge on any atom is -0.380 e. The standard InChI is InChI=1S/C17H31N3O2/c1-6-20(7-2)12-11-19-14-13(15(21)16(14)22)18-10-8-9-17(3,4)5/h18-19H,6-12H2,1-5H3. The Morgan fingerprint density at radius 2 is 1.41 bits per heavy atom. The summed E-state index contributed by atoms with van der Waals surface area (Å²) in [6.07, 6.45) is 2.07. The van der Waals surface area contributed by atoms with Crippen LogP contribution in [0.4, 0.5) is 11.4 Å². The number of hydrogen-bond donors (Lipinski definition) is 2. The second-order valence-corrected chi connectivity index (χ2v) is 6.95. The maximum atomic E-state index is 11.7. The molecule has 0 atom stereocenters. The summed E-state index contributed by atoms with van der Waals surface area (Å²) in [6, 6.07) is 0. The van der Waals surface area contributed by atoms with Gasteiger partial charge in [0, 0.05) is 19.6 Å². The fraction of sp³-hybridized carbons (Fsp3) is 0.765. The van der Waals surface area contributed by atoms with Crippen molar-refractivity contribution in [1.29, 1.82) is 0 Å². The molecular weight excluding hydrogens is 278 g/mol. The molecule has 22 heavy (non-hydrogen) atoms. The molecule has 0 unspecified atom stereocenters. The van der Waals surface area contributed by atoms with E-state index in [1.807, 2.05) is 0 Å². The van der Waals surface area contributed by atoms with E-state index in [4.69, 9.17) is 0 Å². The van der Waals surface area contributed by atoms with Crippen molar-refractivity contribution >= 4 is 11.4 Å². The predicted molar refractivity (Wildman–Crippen MR) is 94.8 cm³/mol. The van der Waals surface area contributed by atoms with Gasteiger partial charge in [0.2, 0.25) is 0 Å². The molecule has 1 rings (SSSR count). The van der Waals surface area contributed by atoms with Crippen LogP contribution < -0.4 is 21.5 Å². The van der Waals surface area contributed by atoms with Gasteiger partial charge in [-0.25, -0.2) is 0 Å². The van der Waals surface area contributed by atoms with Gasteiger partial charge in [0.1, 0.15) is 11.4 Å². The molecular formula is C17H31N3O2. The van der Waals surface area contributed by atoms with Gasteiger partial charge in [-0.05, 0) is 31.3 Å². The van der Waals surface area contributed by atoms with Crippen molar-refractivity contribution in [2.45, 2.75) is 47.5 Å². The number of rotatable bonds is 10. The first-order valence-corrected chi connectivity index (χ1v) is 8.33. The molecule has 0 fully saturated rings. The van der Waals surface area contributed by atoms with Gasteiger partial charge in [0.05, 0.1) is 0 Å². The van der Waals surface area contributed by atoms with Gasteiger partial charge in [-0.15, -0.1) is 0 Å². The summed E-state index contributed by atoms with van der Waals surface area (Å²) in [7, 11) is 0. The van der Waals surface area contributed by atoms with Crippen LogP contribution in [-0.4, -0.2) is 37.6 Å². The summed E-state index contributed by atoms with van der Waals surface area (Å²) in [5.41, 5.74) is 0.450.